The average Bonchev–Trinajstić information content (AvgIpc) is 2.38. The van der Waals surface area contributed by atoms with E-state index in [4.69, 9.17) is 0 Å². The molecule has 0 saturated heterocycles. The van der Waals surface area contributed by atoms with Gasteiger partial charge in [0, 0.05) is 18.7 Å². The van der Waals surface area contributed by atoms with E-state index in [9.17, 15) is 4.79 Å². The summed E-state index contributed by atoms with van der Waals surface area (Å²) >= 11 is 0. The molecule has 0 fully saturated rings. The molecule has 0 unspecified atom stereocenters. The van der Waals surface area contributed by atoms with Crippen molar-refractivity contribution in [2.24, 2.45) is 0 Å². The van der Waals surface area contributed by atoms with E-state index in [1.54, 1.807) is 0 Å². The molecule has 1 aromatic carbocycles. The quantitative estimate of drug-likeness (QED) is 0.736. The molecule has 1 rings (SSSR count). The maximum atomic E-state index is 12.3. The van der Waals surface area contributed by atoms with E-state index in [0.717, 1.165) is 37.9 Å². The summed E-state index contributed by atoms with van der Waals surface area (Å²) in [4.78, 5) is 14.2. The van der Waals surface area contributed by atoms with Crippen LogP contribution >= 0.6 is 0 Å². The lowest BCUT2D eigenvalue weighted by molar-refractivity contribution is 0.0772. The van der Waals surface area contributed by atoms with Crippen LogP contribution in [-0.2, 0) is 6.42 Å². The highest BCUT2D eigenvalue weighted by Gasteiger charge is 2.15. The Bertz CT molecular complexity index is 356. The smallest absolute Gasteiger partial charge is 0.254 e. The number of amides is 1. The van der Waals surface area contributed by atoms with E-state index in [-0.39, 0.29) is 5.91 Å². The van der Waals surface area contributed by atoms with Crippen molar-refractivity contribution < 1.29 is 4.79 Å². The van der Waals surface area contributed by atoms with Crippen molar-refractivity contribution in [3.63, 3.8) is 0 Å². The molecular weight excluding hydrogens is 210 g/mol. The van der Waals surface area contributed by atoms with Crippen LogP contribution in [0.25, 0.3) is 0 Å². The summed E-state index contributed by atoms with van der Waals surface area (Å²) in [5, 5.41) is 0. The minimum atomic E-state index is 0.168. The lowest BCUT2D eigenvalue weighted by Crippen LogP contribution is -2.31. The Balaban J connectivity index is 2.91. The molecule has 0 N–H and O–H groups in total. The summed E-state index contributed by atoms with van der Waals surface area (Å²) in [6.07, 6.45) is 3.30. The fourth-order valence-electron chi connectivity index (χ4n) is 2.00. The first-order chi connectivity index (χ1) is 8.24. The molecule has 2 heteroatoms. The van der Waals surface area contributed by atoms with E-state index >= 15 is 0 Å². The first kappa shape index (κ1) is 13.8. The van der Waals surface area contributed by atoms with Gasteiger partial charge in [0.05, 0.1) is 0 Å². The van der Waals surface area contributed by atoms with Crippen LogP contribution in [0, 0.1) is 0 Å². The predicted octanol–water partition coefficient (Wildman–Crippen LogP) is 3.51. The van der Waals surface area contributed by atoms with Crippen LogP contribution < -0.4 is 0 Å². The molecule has 0 saturated carbocycles. The zero-order chi connectivity index (χ0) is 12.7. The Labute approximate surface area is 105 Å². The van der Waals surface area contributed by atoms with Gasteiger partial charge in [0.15, 0.2) is 0 Å². The van der Waals surface area contributed by atoms with E-state index in [1.807, 2.05) is 36.9 Å². The van der Waals surface area contributed by atoms with Gasteiger partial charge in [-0.2, -0.15) is 0 Å². The second-order valence-electron chi connectivity index (χ2n) is 4.24. The van der Waals surface area contributed by atoms with Crippen LogP contribution in [0.3, 0.4) is 0 Å². The Kier molecular flexibility index (Phi) is 5.75. The summed E-state index contributed by atoms with van der Waals surface area (Å²) in [6, 6.07) is 7.99. The number of aryl methyl sites for hydroxylation is 1. The van der Waals surface area contributed by atoms with E-state index in [2.05, 4.69) is 13.0 Å². The summed E-state index contributed by atoms with van der Waals surface area (Å²) in [7, 11) is 0. The van der Waals surface area contributed by atoms with Crippen LogP contribution in [-0.4, -0.2) is 23.9 Å². The zero-order valence-electron chi connectivity index (χ0n) is 11.2. The predicted molar refractivity (Wildman–Crippen MR) is 72.3 cm³/mol. The fraction of sp³-hybridized carbons (Fsp3) is 0.533. The van der Waals surface area contributed by atoms with Crippen molar-refractivity contribution in [2.45, 2.75) is 40.0 Å². The maximum Gasteiger partial charge on any atom is 0.254 e. The van der Waals surface area contributed by atoms with Crippen molar-refractivity contribution >= 4 is 5.91 Å². The van der Waals surface area contributed by atoms with E-state index in [1.165, 1.54) is 5.56 Å². The van der Waals surface area contributed by atoms with Gasteiger partial charge in [0.2, 0.25) is 0 Å². The van der Waals surface area contributed by atoms with Gasteiger partial charge in [-0.3, -0.25) is 4.79 Å². The molecule has 0 aliphatic rings. The number of nitrogens with zero attached hydrogens (tertiary/aromatic N) is 1. The molecule has 94 valence electrons. The molecular formula is C15H23NO. The van der Waals surface area contributed by atoms with E-state index in [0.29, 0.717) is 0 Å². The number of benzene rings is 1. The van der Waals surface area contributed by atoms with Gasteiger partial charge in [-0.05, 0) is 38.3 Å². The molecule has 0 aliphatic carbocycles. The topological polar surface area (TPSA) is 20.3 Å². The Morgan fingerprint density at radius 2 is 1.76 bits per heavy atom. The zero-order valence-corrected chi connectivity index (χ0v) is 11.2. The highest BCUT2D eigenvalue weighted by molar-refractivity contribution is 5.95. The highest BCUT2D eigenvalue weighted by atomic mass is 16.2. The largest absolute Gasteiger partial charge is 0.339 e. The second kappa shape index (κ2) is 7.10. The normalized spacial score (nSPS) is 10.3. The number of hydrogen-bond donors (Lipinski definition) is 0. The summed E-state index contributed by atoms with van der Waals surface area (Å²) < 4.78 is 0. The first-order valence-electron chi connectivity index (χ1n) is 6.61. The SMILES string of the molecule is CCCCc1ccccc1C(=O)N(CC)CC. The summed E-state index contributed by atoms with van der Waals surface area (Å²) in [5.74, 6) is 0.168. The molecule has 0 radical (unpaired) electrons. The van der Waals surface area contributed by atoms with Crippen LogP contribution in [0.4, 0.5) is 0 Å². The van der Waals surface area contributed by atoms with Gasteiger partial charge in [-0.15, -0.1) is 0 Å². The van der Waals surface area contributed by atoms with Crippen LogP contribution in [0.5, 0.6) is 0 Å². The van der Waals surface area contributed by atoms with Gasteiger partial charge in [0.1, 0.15) is 0 Å². The third-order valence-corrected chi connectivity index (χ3v) is 3.10. The van der Waals surface area contributed by atoms with Gasteiger partial charge in [-0.25, -0.2) is 0 Å². The second-order valence-corrected chi connectivity index (χ2v) is 4.24. The standard InChI is InChI=1S/C15H23NO/c1-4-7-10-13-11-8-9-12-14(13)15(17)16(5-2)6-3/h8-9,11-12H,4-7,10H2,1-3H3. The molecule has 2 nitrogen and oxygen atoms in total. The number of unbranched alkanes of at least 4 members (excludes halogenated alkanes) is 1. The molecule has 0 aromatic heterocycles. The molecule has 1 aromatic rings. The molecule has 0 aliphatic heterocycles. The third-order valence-electron chi connectivity index (χ3n) is 3.10. The number of rotatable bonds is 6. The lowest BCUT2D eigenvalue weighted by Gasteiger charge is -2.20. The Morgan fingerprint density at radius 1 is 1.12 bits per heavy atom. The molecule has 17 heavy (non-hydrogen) atoms. The lowest BCUT2D eigenvalue weighted by atomic mass is 10.0. The van der Waals surface area contributed by atoms with Crippen LogP contribution in [0.15, 0.2) is 24.3 Å². The molecule has 0 heterocycles. The van der Waals surface area contributed by atoms with Crippen LogP contribution in [0.1, 0.15) is 49.5 Å². The first-order valence-corrected chi connectivity index (χ1v) is 6.61. The van der Waals surface area contributed by atoms with Gasteiger partial charge < -0.3 is 4.90 Å². The van der Waals surface area contributed by atoms with Crippen molar-refractivity contribution in [1.82, 2.24) is 4.90 Å². The van der Waals surface area contributed by atoms with Crippen LogP contribution in [0.2, 0.25) is 0 Å². The minimum Gasteiger partial charge on any atom is -0.339 e. The highest BCUT2D eigenvalue weighted by Crippen LogP contribution is 2.14. The number of carbonyl (C=O) groups is 1. The molecule has 1 amide bonds. The Morgan fingerprint density at radius 3 is 2.35 bits per heavy atom. The molecule has 0 atom stereocenters. The number of carbonyl (C=O) groups excluding carboxylic acids is 1. The van der Waals surface area contributed by atoms with Crippen molar-refractivity contribution in [2.75, 3.05) is 13.1 Å². The number of hydrogen-bond acceptors (Lipinski definition) is 1. The van der Waals surface area contributed by atoms with Crippen molar-refractivity contribution in [3.8, 4) is 0 Å². The molecule has 0 bridgehead atoms. The summed E-state index contributed by atoms with van der Waals surface area (Å²) in [5.41, 5.74) is 2.07. The van der Waals surface area contributed by atoms with Crippen molar-refractivity contribution in [3.05, 3.63) is 35.4 Å². The average molecular weight is 233 g/mol. The van der Waals surface area contributed by atoms with Crippen molar-refractivity contribution in [1.29, 1.82) is 0 Å². The Hall–Kier alpha value is -1.31. The van der Waals surface area contributed by atoms with E-state index < -0.39 is 0 Å². The van der Waals surface area contributed by atoms with Gasteiger partial charge in [0.25, 0.3) is 5.91 Å². The monoisotopic (exact) mass is 233 g/mol. The fourth-order valence-corrected chi connectivity index (χ4v) is 2.00. The van der Waals surface area contributed by atoms with Gasteiger partial charge >= 0.3 is 0 Å². The third kappa shape index (κ3) is 3.58. The van der Waals surface area contributed by atoms with Gasteiger partial charge in [-0.1, -0.05) is 31.5 Å². The maximum absolute atomic E-state index is 12.3. The summed E-state index contributed by atoms with van der Waals surface area (Å²) in [6.45, 7) is 7.77. The molecule has 0 spiro atoms. The minimum absolute atomic E-state index is 0.168.